The molecule has 0 saturated carbocycles. The maximum Gasteiger partial charge on any atom is 0.241 e. The Balaban J connectivity index is 0.00000338. The largest absolute Gasteiger partial charge is 0.341 e. The van der Waals surface area contributed by atoms with Crippen molar-refractivity contribution < 1.29 is 13.2 Å². The van der Waals surface area contributed by atoms with E-state index in [-0.39, 0.29) is 23.2 Å². The third-order valence-corrected chi connectivity index (χ3v) is 6.48. The Labute approximate surface area is 166 Å². The number of hydrogen-bond acceptors (Lipinski definition) is 5. The Morgan fingerprint density at radius 1 is 1.35 bits per heavy atom. The molecule has 1 aliphatic rings. The van der Waals surface area contributed by atoms with Crippen LogP contribution in [0.4, 0.5) is 0 Å². The number of sulfonamides is 1. The van der Waals surface area contributed by atoms with Gasteiger partial charge in [-0.2, -0.15) is 16.5 Å². The molecule has 1 aromatic carbocycles. The first-order valence-corrected chi connectivity index (χ1v) is 11.4. The van der Waals surface area contributed by atoms with E-state index in [9.17, 15) is 13.2 Å². The van der Waals surface area contributed by atoms with Crippen molar-refractivity contribution in [1.82, 2.24) is 14.9 Å². The van der Waals surface area contributed by atoms with Gasteiger partial charge in [0.2, 0.25) is 15.9 Å². The van der Waals surface area contributed by atoms with Crippen molar-refractivity contribution in [1.29, 1.82) is 0 Å². The SMILES string of the molecule is CNCC1CCN(C(=O)C(CCSC)NS(=O)(=O)c2ccccc2)C1.Cl. The first-order valence-electron chi connectivity index (χ1n) is 8.47. The second-order valence-corrected chi connectivity index (χ2v) is 8.96. The quantitative estimate of drug-likeness (QED) is 0.632. The number of carbonyl (C=O) groups is 1. The molecule has 2 unspecified atom stereocenters. The molecule has 0 bridgehead atoms. The van der Waals surface area contributed by atoms with Gasteiger partial charge in [-0.25, -0.2) is 8.42 Å². The van der Waals surface area contributed by atoms with Gasteiger partial charge in [0.25, 0.3) is 0 Å². The third-order valence-electron chi connectivity index (χ3n) is 4.35. The van der Waals surface area contributed by atoms with Gasteiger partial charge in [-0.05, 0) is 56.5 Å². The van der Waals surface area contributed by atoms with Gasteiger partial charge in [-0.3, -0.25) is 4.79 Å². The Morgan fingerprint density at radius 2 is 2.04 bits per heavy atom. The average molecular weight is 422 g/mol. The van der Waals surface area contributed by atoms with Gasteiger partial charge in [0.15, 0.2) is 0 Å². The van der Waals surface area contributed by atoms with Crippen molar-refractivity contribution in [2.45, 2.75) is 23.8 Å². The number of hydrogen-bond donors (Lipinski definition) is 2. The summed E-state index contributed by atoms with van der Waals surface area (Å²) in [5, 5.41) is 3.14. The van der Waals surface area contributed by atoms with E-state index >= 15 is 0 Å². The molecule has 1 fully saturated rings. The Kier molecular flexibility index (Phi) is 9.95. The molecule has 1 amide bonds. The zero-order chi connectivity index (χ0) is 18.3. The van der Waals surface area contributed by atoms with Crippen LogP contribution in [0.1, 0.15) is 12.8 Å². The van der Waals surface area contributed by atoms with Gasteiger partial charge in [0.1, 0.15) is 6.04 Å². The van der Waals surface area contributed by atoms with Crippen LogP contribution in [0.2, 0.25) is 0 Å². The van der Waals surface area contributed by atoms with Crippen molar-refractivity contribution in [2.75, 3.05) is 38.7 Å². The highest BCUT2D eigenvalue weighted by molar-refractivity contribution is 7.98. The van der Waals surface area contributed by atoms with E-state index in [2.05, 4.69) is 10.0 Å². The Hall–Kier alpha value is -0.800. The van der Waals surface area contributed by atoms with Gasteiger partial charge in [0.05, 0.1) is 4.90 Å². The number of nitrogens with zero attached hydrogens (tertiary/aromatic N) is 1. The van der Waals surface area contributed by atoms with Crippen molar-refractivity contribution in [3.63, 3.8) is 0 Å². The zero-order valence-electron chi connectivity index (χ0n) is 15.2. The molecule has 1 aromatic rings. The fourth-order valence-corrected chi connectivity index (χ4v) is 4.75. The van der Waals surface area contributed by atoms with E-state index in [4.69, 9.17) is 0 Å². The predicted octanol–water partition coefficient (Wildman–Crippen LogP) is 1.58. The number of nitrogens with one attached hydrogen (secondary N) is 2. The first-order chi connectivity index (χ1) is 12.0. The molecule has 1 saturated heterocycles. The number of likely N-dealkylation sites (tertiary alicyclic amines) is 1. The highest BCUT2D eigenvalue weighted by atomic mass is 35.5. The van der Waals surface area contributed by atoms with E-state index in [1.807, 2.05) is 13.3 Å². The van der Waals surface area contributed by atoms with E-state index in [0.717, 1.165) is 18.7 Å². The minimum Gasteiger partial charge on any atom is -0.341 e. The fourth-order valence-electron chi connectivity index (χ4n) is 3.03. The van der Waals surface area contributed by atoms with E-state index in [1.165, 1.54) is 12.1 Å². The van der Waals surface area contributed by atoms with Crippen LogP contribution < -0.4 is 10.0 Å². The molecule has 0 aromatic heterocycles. The maximum atomic E-state index is 12.9. The Bertz CT molecular complexity index is 658. The summed E-state index contributed by atoms with van der Waals surface area (Å²) >= 11 is 1.60. The highest BCUT2D eigenvalue weighted by Gasteiger charge is 2.32. The lowest BCUT2D eigenvalue weighted by molar-refractivity contribution is -0.132. The number of halogens is 1. The summed E-state index contributed by atoms with van der Waals surface area (Å²) in [6.07, 6.45) is 3.39. The highest BCUT2D eigenvalue weighted by Crippen LogP contribution is 2.18. The molecule has 148 valence electrons. The fraction of sp³-hybridized carbons (Fsp3) is 0.588. The third kappa shape index (κ3) is 6.42. The Morgan fingerprint density at radius 3 is 2.65 bits per heavy atom. The molecular weight excluding hydrogens is 394 g/mol. The number of rotatable bonds is 9. The van der Waals surface area contributed by atoms with Crippen molar-refractivity contribution >= 4 is 40.1 Å². The van der Waals surface area contributed by atoms with Crippen LogP contribution in [-0.2, 0) is 14.8 Å². The number of carbonyl (C=O) groups excluding carboxylic acids is 1. The monoisotopic (exact) mass is 421 g/mol. The van der Waals surface area contributed by atoms with Crippen molar-refractivity contribution in [3.8, 4) is 0 Å². The number of benzene rings is 1. The van der Waals surface area contributed by atoms with Crippen LogP contribution in [0.5, 0.6) is 0 Å². The minimum absolute atomic E-state index is 0. The molecule has 2 atom stereocenters. The van der Waals surface area contributed by atoms with Gasteiger partial charge in [0, 0.05) is 13.1 Å². The summed E-state index contributed by atoms with van der Waals surface area (Å²) in [4.78, 5) is 14.9. The molecule has 2 N–H and O–H groups in total. The topological polar surface area (TPSA) is 78.5 Å². The average Bonchev–Trinajstić information content (AvgIpc) is 3.07. The molecule has 26 heavy (non-hydrogen) atoms. The molecule has 0 radical (unpaired) electrons. The summed E-state index contributed by atoms with van der Waals surface area (Å²) in [6.45, 7) is 2.24. The summed E-state index contributed by atoms with van der Waals surface area (Å²) in [6, 6.07) is 7.48. The minimum atomic E-state index is -3.71. The van der Waals surface area contributed by atoms with Crippen molar-refractivity contribution in [2.24, 2.45) is 5.92 Å². The smallest absolute Gasteiger partial charge is 0.241 e. The van der Waals surface area contributed by atoms with Crippen LogP contribution in [0.3, 0.4) is 0 Å². The molecule has 0 aliphatic carbocycles. The number of thioether (sulfide) groups is 1. The molecule has 6 nitrogen and oxygen atoms in total. The zero-order valence-corrected chi connectivity index (χ0v) is 17.6. The molecular formula is C17H28ClN3O3S2. The van der Waals surface area contributed by atoms with E-state index in [1.54, 1.807) is 34.9 Å². The van der Waals surface area contributed by atoms with E-state index < -0.39 is 16.1 Å². The molecule has 9 heteroatoms. The summed E-state index contributed by atoms with van der Waals surface area (Å²) < 4.78 is 27.8. The van der Waals surface area contributed by atoms with Crippen LogP contribution in [-0.4, -0.2) is 64.0 Å². The number of amides is 1. The normalized spacial score (nSPS) is 18.4. The van der Waals surface area contributed by atoms with Crippen LogP contribution in [0, 0.1) is 5.92 Å². The first kappa shape index (κ1) is 23.2. The van der Waals surface area contributed by atoms with Crippen LogP contribution in [0.25, 0.3) is 0 Å². The molecule has 0 spiro atoms. The van der Waals surface area contributed by atoms with Crippen LogP contribution in [0.15, 0.2) is 35.2 Å². The van der Waals surface area contributed by atoms with Crippen LogP contribution >= 0.6 is 24.2 Å². The molecule has 1 heterocycles. The molecule has 2 rings (SSSR count). The summed E-state index contributed by atoms with van der Waals surface area (Å²) in [5.41, 5.74) is 0. The van der Waals surface area contributed by atoms with Gasteiger partial charge in [-0.15, -0.1) is 12.4 Å². The summed E-state index contributed by atoms with van der Waals surface area (Å²) in [7, 11) is -1.80. The lowest BCUT2D eigenvalue weighted by atomic mass is 10.1. The van der Waals surface area contributed by atoms with Gasteiger partial charge >= 0.3 is 0 Å². The standard InChI is InChI=1S/C17H27N3O3S2.ClH/c1-18-12-14-8-10-20(13-14)17(21)16(9-11-24-2)19-25(22,23)15-6-4-3-5-7-15;/h3-7,14,16,18-19H,8-13H2,1-2H3;1H. The van der Waals surface area contributed by atoms with Crippen molar-refractivity contribution in [3.05, 3.63) is 30.3 Å². The molecule has 1 aliphatic heterocycles. The predicted molar refractivity (Wildman–Crippen MR) is 109 cm³/mol. The van der Waals surface area contributed by atoms with Gasteiger partial charge < -0.3 is 10.2 Å². The lowest BCUT2D eigenvalue weighted by Crippen LogP contribution is -2.48. The lowest BCUT2D eigenvalue weighted by Gasteiger charge is -2.24. The second-order valence-electron chi connectivity index (χ2n) is 6.27. The van der Waals surface area contributed by atoms with Gasteiger partial charge in [-0.1, -0.05) is 18.2 Å². The second kappa shape index (κ2) is 11.1. The summed E-state index contributed by atoms with van der Waals surface area (Å²) in [5.74, 6) is 1.04. The van der Waals surface area contributed by atoms with E-state index in [0.29, 0.717) is 25.4 Å². The maximum absolute atomic E-state index is 12.9.